The second kappa shape index (κ2) is 9.50. The summed E-state index contributed by atoms with van der Waals surface area (Å²) in [5.74, 6) is -1.52. The average Bonchev–Trinajstić information content (AvgIpc) is 3.08. The summed E-state index contributed by atoms with van der Waals surface area (Å²) in [6.45, 7) is 3.60. The lowest BCUT2D eigenvalue weighted by Crippen LogP contribution is -2.42. The Hall–Kier alpha value is -3.23. The number of hydrogen-bond donors (Lipinski definition) is 1. The van der Waals surface area contributed by atoms with Crippen molar-refractivity contribution in [2.24, 2.45) is 0 Å². The van der Waals surface area contributed by atoms with Crippen molar-refractivity contribution >= 4 is 17.4 Å². The second-order valence-corrected chi connectivity index (χ2v) is 7.73. The lowest BCUT2D eigenvalue weighted by atomic mass is 9.95. The van der Waals surface area contributed by atoms with Gasteiger partial charge in [0.2, 0.25) is 0 Å². The number of nitrogens with zero attached hydrogens (tertiary/aromatic N) is 2. The van der Waals surface area contributed by atoms with Crippen LogP contribution in [0.2, 0.25) is 0 Å². The number of carbonyl (C=O) groups excluding carboxylic acids is 2. The van der Waals surface area contributed by atoms with Gasteiger partial charge in [-0.25, -0.2) is 4.39 Å². The predicted octanol–water partition coefficient (Wildman–Crippen LogP) is 2.59. The van der Waals surface area contributed by atoms with Crippen molar-refractivity contribution in [2.75, 3.05) is 46.5 Å². The molecule has 1 atom stereocenters. The van der Waals surface area contributed by atoms with Crippen LogP contribution < -0.4 is 4.74 Å². The summed E-state index contributed by atoms with van der Waals surface area (Å²) in [5, 5.41) is 11.0. The van der Waals surface area contributed by atoms with Crippen molar-refractivity contribution in [1.29, 1.82) is 0 Å². The van der Waals surface area contributed by atoms with Crippen LogP contribution in [-0.4, -0.2) is 73.1 Å². The van der Waals surface area contributed by atoms with E-state index in [1.165, 1.54) is 36.3 Å². The third-order valence-corrected chi connectivity index (χ3v) is 5.85. The number of halogens is 1. The van der Waals surface area contributed by atoms with Crippen LogP contribution in [-0.2, 0) is 14.3 Å². The number of Topliss-reactive ketones (excluding diaryl/α,β-unsaturated/α-hetero) is 1. The number of ether oxygens (including phenoxy) is 2. The molecule has 2 aromatic carbocycles. The van der Waals surface area contributed by atoms with Gasteiger partial charge in [0, 0.05) is 31.7 Å². The molecule has 0 radical (unpaired) electrons. The third-order valence-electron chi connectivity index (χ3n) is 5.85. The first-order valence-corrected chi connectivity index (χ1v) is 10.5. The maximum atomic E-state index is 13.6. The quantitative estimate of drug-likeness (QED) is 0.423. The fourth-order valence-corrected chi connectivity index (χ4v) is 4.08. The first-order chi connectivity index (χ1) is 15.5. The zero-order valence-electron chi connectivity index (χ0n) is 17.8. The van der Waals surface area contributed by atoms with Crippen LogP contribution in [0.4, 0.5) is 4.39 Å². The van der Waals surface area contributed by atoms with Crippen LogP contribution >= 0.6 is 0 Å². The van der Waals surface area contributed by atoms with Crippen molar-refractivity contribution < 1.29 is 28.6 Å². The van der Waals surface area contributed by atoms with E-state index in [-0.39, 0.29) is 11.3 Å². The molecule has 0 aromatic heterocycles. The van der Waals surface area contributed by atoms with E-state index < -0.39 is 23.5 Å². The number of carbonyl (C=O) groups is 2. The predicted molar refractivity (Wildman–Crippen MR) is 116 cm³/mol. The van der Waals surface area contributed by atoms with Gasteiger partial charge in [0.15, 0.2) is 0 Å². The molecule has 2 aliphatic heterocycles. The van der Waals surface area contributed by atoms with Crippen molar-refractivity contribution in [3.8, 4) is 5.75 Å². The number of amides is 1. The Morgan fingerprint density at radius 2 is 1.72 bits per heavy atom. The summed E-state index contributed by atoms with van der Waals surface area (Å²) >= 11 is 0. The van der Waals surface area contributed by atoms with Gasteiger partial charge in [-0.1, -0.05) is 12.1 Å². The zero-order valence-corrected chi connectivity index (χ0v) is 17.8. The Morgan fingerprint density at radius 1 is 1.06 bits per heavy atom. The number of rotatable bonds is 6. The van der Waals surface area contributed by atoms with E-state index in [1.54, 1.807) is 24.3 Å². The van der Waals surface area contributed by atoms with Gasteiger partial charge in [-0.15, -0.1) is 0 Å². The normalized spacial score (nSPS) is 21.2. The molecule has 32 heavy (non-hydrogen) atoms. The first kappa shape index (κ1) is 22.0. The Kier molecular flexibility index (Phi) is 6.53. The lowest BCUT2D eigenvalue weighted by molar-refractivity contribution is -0.140. The number of likely N-dealkylation sites (tertiary alicyclic amines) is 1. The first-order valence-electron chi connectivity index (χ1n) is 10.5. The second-order valence-electron chi connectivity index (χ2n) is 7.73. The molecule has 0 bridgehead atoms. The Morgan fingerprint density at radius 3 is 2.34 bits per heavy atom. The molecular formula is C24H25FN2O5. The minimum atomic E-state index is -0.807. The molecule has 2 aromatic rings. The molecule has 4 rings (SSSR count). The van der Waals surface area contributed by atoms with Crippen LogP contribution in [0, 0.1) is 5.82 Å². The fraction of sp³-hybridized carbons (Fsp3) is 0.333. The number of ketones is 1. The molecule has 0 saturated carbocycles. The maximum Gasteiger partial charge on any atom is 0.295 e. The molecule has 0 spiro atoms. The summed E-state index contributed by atoms with van der Waals surface area (Å²) in [7, 11) is 1.53. The summed E-state index contributed by atoms with van der Waals surface area (Å²) in [4.78, 5) is 29.6. The van der Waals surface area contributed by atoms with E-state index in [4.69, 9.17) is 9.47 Å². The zero-order chi connectivity index (χ0) is 22.7. The smallest absolute Gasteiger partial charge is 0.295 e. The molecule has 2 fully saturated rings. The van der Waals surface area contributed by atoms with Crippen molar-refractivity contribution in [3.63, 3.8) is 0 Å². The highest BCUT2D eigenvalue weighted by Gasteiger charge is 2.46. The van der Waals surface area contributed by atoms with E-state index in [2.05, 4.69) is 4.90 Å². The highest BCUT2D eigenvalue weighted by atomic mass is 19.1. The minimum Gasteiger partial charge on any atom is -0.507 e. The fourth-order valence-electron chi connectivity index (χ4n) is 4.08. The molecule has 2 aliphatic rings. The molecule has 8 heteroatoms. The molecular weight excluding hydrogens is 415 g/mol. The Bertz CT molecular complexity index is 1010. The van der Waals surface area contributed by atoms with Gasteiger partial charge in [-0.05, 0) is 42.0 Å². The molecule has 2 heterocycles. The number of benzene rings is 2. The molecule has 168 valence electrons. The monoisotopic (exact) mass is 440 g/mol. The van der Waals surface area contributed by atoms with Crippen LogP contribution in [0.15, 0.2) is 54.1 Å². The van der Waals surface area contributed by atoms with E-state index in [1.807, 2.05) is 0 Å². The van der Waals surface area contributed by atoms with E-state index in [9.17, 15) is 19.1 Å². The van der Waals surface area contributed by atoms with Crippen LogP contribution in [0.3, 0.4) is 0 Å². The Balaban J connectivity index is 1.71. The summed E-state index contributed by atoms with van der Waals surface area (Å²) < 4.78 is 24.1. The standard InChI is InChI=1S/C24H25FN2O5/c1-31-19-8-4-17(5-9-19)22(28)20-21(16-2-6-18(25)7-3-16)27(24(30)23(20)29)11-10-26-12-14-32-15-13-26/h2-9,21,28H,10-15H2,1H3. The molecule has 1 N–H and O–H groups in total. The lowest BCUT2D eigenvalue weighted by Gasteiger charge is -2.31. The topological polar surface area (TPSA) is 79.3 Å². The van der Waals surface area contributed by atoms with Crippen LogP contribution in [0.25, 0.3) is 5.76 Å². The molecule has 1 amide bonds. The highest BCUT2D eigenvalue weighted by Crippen LogP contribution is 2.39. The number of aliphatic hydroxyl groups excluding tert-OH is 1. The SMILES string of the molecule is COc1ccc(C(O)=C2C(=O)C(=O)N(CCN3CCOCC3)C2c2ccc(F)cc2)cc1. The van der Waals surface area contributed by atoms with Crippen LogP contribution in [0.5, 0.6) is 5.75 Å². The Labute approximate surface area is 185 Å². The van der Waals surface area contributed by atoms with Crippen molar-refractivity contribution in [3.05, 3.63) is 71.0 Å². The molecule has 0 aliphatic carbocycles. The third kappa shape index (κ3) is 4.37. The largest absolute Gasteiger partial charge is 0.507 e. The van der Waals surface area contributed by atoms with E-state index in [0.717, 1.165) is 13.1 Å². The maximum absolute atomic E-state index is 13.6. The van der Waals surface area contributed by atoms with Gasteiger partial charge in [-0.3, -0.25) is 14.5 Å². The number of aliphatic hydroxyl groups is 1. The number of methoxy groups -OCH3 is 1. The van der Waals surface area contributed by atoms with E-state index >= 15 is 0 Å². The summed E-state index contributed by atoms with van der Waals surface area (Å²) in [6, 6.07) is 11.4. The minimum absolute atomic E-state index is 0.00578. The summed E-state index contributed by atoms with van der Waals surface area (Å²) in [5.41, 5.74) is 0.945. The summed E-state index contributed by atoms with van der Waals surface area (Å²) in [6.07, 6.45) is 0. The molecule has 1 unspecified atom stereocenters. The van der Waals surface area contributed by atoms with Gasteiger partial charge in [-0.2, -0.15) is 0 Å². The van der Waals surface area contributed by atoms with Crippen molar-refractivity contribution in [1.82, 2.24) is 9.80 Å². The van der Waals surface area contributed by atoms with Gasteiger partial charge >= 0.3 is 0 Å². The highest BCUT2D eigenvalue weighted by molar-refractivity contribution is 6.46. The van der Waals surface area contributed by atoms with Gasteiger partial charge < -0.3 is 19.5 Å². The van der Waals surface area contributed by atoms with Gasteiger partial charge in [0.05, 0.1) is 31.9 Å². The van der Waals surface area contributed by atoms with Gasteiger partial charge in [0.1, 0.15) is 17.3 Å². The number of morpholine rings is 1. The molecule has 2 saturated heterocycles. The van der Waals surface area contributed by atoms with Crippen LogP contribution in [0.1, 0.15) is 17.2 Å². The van der Waals surface area contributed by atoms with E-state index in [0.29, 0.717) is 43.2 Å². The average molecular weight is 440 g/mol. The number of hydrogen-bond acceptors (Lipinski definition) is 6. The van der Waals surface area contributed by atoms with Gasteiger partial charge in [0.25, 0.3) is 11.7 Å². The van der Waals surface area contributed by atoms with Crippen molar-refractivity contribution in [2.45, 2.75) is 6.04 Å². The molecule has 7 nitrogen and oxygen atoms in total.